The maximum absolute atomic E-state index is 12.3. The number of rotatable bonds is 4. The number of hydrogen-bond acceptors (Lipinski definition) is 3. The van der Waals surface area contributed by atoms with Crippen LogP contribution in [0.25, 0.3) is 11.3 Å². The van der Waals surface area contributed by atoms with Crippen molar-refractivity contribution in [3.05, 3.63) is 47.7 Å². The second kappa shape index (κ2) is 7.20. The number of aromatic nitrogens is 1. The zero-order valence-electron chi connectivity index (χ0n) is 14.7. The Labute approximate surface area is 143 Å². The van der Waals surface area contributed by atoms with Crippen molar-refractivity contribution in [1.82, 2.24) is 19.9 Å². The molecule has 1 amide bonds. The normalized spacial score (nSPS) is 16.3. The first kappa shape index (κ1) is 16.7. The number of carbonyl (C=O) groups excluding carboxylic acids is 1. The zero-order chi connectivity index (χ0) is 17.1. The highest BCUT2D eigenvalue weighted by Gasteiger charge is 2.17. The molecule has 0 aliphatic carbocycles. The fourth-order valence-electron chi connectivity index (χ4n) is 3.04. The van der Waals surface area contributed by atoms with Crippen molar-refractivity contribution >= 4 is 5.91 Å². The molecule has 2 aromatic rings. The summed E-state index contributed by atoms with van der Waals surface area (Å²) in [5.41, 5.74) is 7.61. The number of aryl methyl sites for hydroxylation is 1. The molecule has 5 nitrogen and oxygen atoms in total. The standard InChI is InChI=1S/C19H26N4O/c1-15-4-6-16(7-5-15)18-9-8-17(22(18)3)14-19(24)20-23-12-10-21(2)11-13-23/h4-9H,10-14H2,1-3H3,(H,20,24). The van der Waals surface area contributed by atoms with Crippen LogP contribution in [-0.4, -0.2) is 53.6 Å². The summed E-state index contributed by atoms with van der Waals surface area (Å²) in [6.45, 7) is 5.82. The Balaban J connectivity index is 1.63. The topological polar surface area (TPSA) is 40.5 Å². The van der Waals surface area contributed by atoms with Crippen LogP contribution in [0.5, 0.6) is 0 Å². The Morgan fingerprint density at radius 3 is 2.33 bits per heavy atom. The first-order chi connectivity index (χ1) is 11.5. The SMILES string of the molecule is Cc1ccc(-c2ccc(CC(=O)NN3CCN(C)CC3)n2C)cc1. The second-order valence-corrected chi connectivity index (χ2v) is 6.64. The van der Waals surface area contributed by atoms with Crippen molar-refractivity contribution in [3.8, 4) is 11.3 Å². The van der Waals surface area contributed by atoms with Crippen LogP contribution in [0.1, 0.15) is 11.3 Å². The molecule has 1 aliphatic rings. The summed E-state index contributed by atoms with van der Waals surface area (Å²) >= 11 is 0. The molecular formula is C19H26N4O. The number of piperazine rings is 1. The van der Waals surface area contributed by atoms with Gasteiger partial charge in [-0.2, -0.15) is 0 Å². The van der Waals surface area contributed by atoms with Gasteiger partial charge in [-0.1, -0.05) is 29.8 Å². The summed E-state index contributed by atoms with van der Waals surface area (Å²) < 4.78 is 2.11. The molecule has 5 heteroatoms. The molecule has 1 aromatic heterocycles. The number of benzene rings is 1. The third-order valence-electron chi connectivity index (χ3n) is 4.70. The molecule has 0 bridgehead atoms. The van der Waals surface area contributed by atoms with Crippen LogP contribution in [0.3, 0.4) is 0 Å². The van der Waals surface area contributed by atoms with Gasteiger partial charge in [0.2, 0.25) is 5.91 Å². The highest BCUT2D eigenvalue weighted by Crippen LogP contribution is 2.22. The van der Waals surface area contributed by atoms with Gasteiger partial charge < -0.3 is 9.47 Å². The fourth-order valence-corrected chi connectivity index (χ4v) is 3.04. The van der Waals surface area contributed by atoms with E-state index in [0.29, 0.717) is 6.42 Å². The molecular weight excluding hydrogens is 300 g/mol. The van der Waals surface area contributed by atoms with Gasteiger partial charge >= 0.3 is 0 Å². The summed E-state index contributed by atoms with van der Waals surface area (Å²) in [6.07, 6.45) is 0.398. The number of nitrogens with one attached hydrogen (secondary N) is 1. The maximum atomic E-state index is 12.3. The maximum Gasteiger partial charge on any atom is 0.240 e. The summed E-state index contributed by atoms with van der Waals surface area (Å²) in [6, 6.07) is 12.6. The van der Waals surface area contributed by atoms with Gasteiger partial charge in [-0.3, -0.25) is 10.2 Å². The molecule has 1 fully saturated rings. The Hall–Kier alpha value is -2.11. The zero-order valence-corrected chi connectivity index (χ0v) is 14.7. The van der Waals surface area contributed by atoms with Crippen molar-refractivity contribution in [2.24, 2.45) is 7.05 Å². The quantitative estimate of drug-likeness (QED) is 0.932. The van der Waals surface area contributed by atoms with Crippen LogP contribution in [0.4, 0.5) is 0 Å². The number of carbonyl (C=O) groups is 1. The molecule has 128 valence electrons. The number of likely N-dealkylation sites (N-methyl/N-ethyl adjacent to an activating group) is 1. The minimum atomic E-state index is 0.0520. The van der Waals surface area contributed by atoms with Gasteiger partial charge in [0.05, 0.1) is 6.42 Å². The van der Waals surface area contributed by atoms with Gasteiger partial charge in [0.25, 0.3) is 0 Å². The lowest BCUT2D eigenvalue weighted by Gasteiger charge is -2.32. The molecule has 1 saturated heterocycles. The van der Waals surface area contributed by atoms with Gasteiger partial charge in [0.15, 0.2) is 0 Å². The van der Waals surface area contributed by atoms with Crippen molar-refractivity contribution in [2.45, 2.75) is 13.3 Å². The van der Waals surface area contributed by atoms with Crippen LogP contribution in [0.15, 0.2) is 36.4 Å². The van der Waals surface area contributed by atoms with E-state index in [1.807, 2.05) is 18.1 Å². The van der Waals surface area contributed by atoms with Gasteiger partial charge in [-0.25, -0.2) is 5.01 Å². The Bertz CT molecular complexity index is 697. The molecule has 24 heavy (non-hydrogen) atoms. The molecule has 0 unspecified atom stereocenters. The lowest BCUT2D eigenvalue weighted by Crippen LogP contribution is -2.52. The first-order valence-corrected chi connectivity index (χ1v) is 8.47. The molecule has 0 spiro atoms. The van der Waals surface area contributed by atoms with E-state index >= 15 is 0 Å². The second-order valence-electron chi connectivity index (χ2n) is 6.64. The van der Waals surface area contributed by atoms with Gasteiger partial charge in [-0.05, 0) is 31.7 Å². The average Bonchev–Trinajstić information content (AvgIpc) is 2.91. The van der Waals surface area contributed by atoms with Crippen LogP contribution in [0, 0.1) is 6.92 Å². The number of hydrogen-bond donors (Lipinski definition) is 1. The van der Waals surface area contributed by atoms with Crippen LogP contribution in [0.2, 0.25) is 0 Å². The number of amides is 1. The lowest BCUT2D eigenvalue weighted by molar-refractivity contribution is -0.126. The summed E-state index contributed by atoms with van der Waals surface area (Å²) in [7, 11) is 4.13. The fraction of sp³-hybridized carbons (Fsp3) is 0.421. The molecule has 0 radical (unpaired) electrons. The van der Waals surface area contributed by atoms with E-state index in [0.717, 1.165) is 37.6 Å². The smallest absolute Gasteiger partial charge is 0.240 e. The van der Waals surface area contributed by atoms with Crippen molar-refractivity contribution in [3.63, 3.8) is 0 Å². The van der Waals surface area contributed by atoms with Crippen molar-refractivity contribution in [1.29, 1.82) is 0 Å². The highest BCUT2D eigenvalue weighted by molar-refractivity contribution is 5.78. The molecule has 0 atom stereocenters. The summed E-state index contributed by atoms with van der Waals surface area (Å²) in [4.78, 5) is 14.6. The Morgan fingerprint density at radius 1 is 1.00 bits per heavy atom. The van der Waals surface area contributed by atoms with Crippen LogP contribution in [-0.2, 0) is 18.3 Å². The van der Waals surface area contributed by atoms with Crippen LogP contribution < -0.4 is 5.43 Å². The van der Waals surface area contributed by atoms with Crippen molar-refractivity contribution in [2.75, 3.05) is 33.2 Å². The molecule has 0 saturated carbocycles. The highest BCUT2D eigenvalue weighted by atomic mass is 16.2. The molecule has 2 heterocycles. The number of hydrazine groups is 1. The van der Waals surface area contributed by atoms with E-state index in [2.05, 4.69) is 59.2 Å². The molecule has 1 aliphatic heterocycles. The van der Waals surface area contributed by atoms with Gasteiger partial charge in [0.1, 0.15) is 0 Å². The van der Waals surface area contributed by atoms with E-state index in [1.54, 1.807) is 0 Å². The monoisotopic (exact) mass is 326 g/mol. The lowest BCUT2D eigenvalue weighted by atomic mass is 10.1. The third kappa shape index (κ3) is 3.86. The summed E-state index contributed by atoms with van der Waals surface area (Å²) in [5.74, 6) is 0.0520. The van der Waals surface area contributed by atoms with E-state index in [1.165, 1.54) is 11.1 Å². The Kier molecular flexibility index (Phi) is 5.02. The van der Waals surface area contributed by atoms with E-state index < -0.39 is 0 Å². The van der Waals surface area contributed by atoms with E-state index in [9.17, 15) is 4.79 Å². The van der Waals surface area contributed by atoms with Gasteiger partial charge in [0, 0.05) is 44.6 Å². The predicted molar refractivity (Wildman–Crippen MR) is 96.5 cm³/mol. The minimum absolute atomic E-state index is 0.0520. The number of nitrogens with zero attached hydrogens (tertiary/aromatic N) is 3. The largest absolute Gasteiger partial charge is 0.347 e. The first-order valence-electron chi connectivity index (χ1n) is 8.47. The average molecular weight is 326 g/mol. The van der Waals surface area contributed by atoms with E-state index in [-0.39, 0.29) is 5.91 Å². The molecule has 1 aromatic carbocycles. The molecule has 3 rings (SSSR count). The van der Waals surface area contributed by atoms with Gasteiger partial charge in [-0.15, -0.1) is 0 Å². The van der Waals surface area contributed by atoms with Crippen LogP contribution >= 0.6 is 0 Å². The molecule has 1 N–H and O–H groups in total. The third-order valence-corrected chi connectivity index (χ3v) is 4.70. The predicted octanol–water partition coefficient (Wildman–Crippen LogP) is 1.82. The minimum Gasteiger partial charge on any atom is -0.347 e. The van der Waals surface area contributed by atoms with Crippen molar-refractivity contribution < 1.29 is 4.79 Å². The van der Waals surface area contributed by atoms with E-state index in [4.69, 9.17) is 0 Å². The Morgan fingerprint density at radius 2 is 1.67 bits per heavy atom. The summed E-state index contributed by atoms with van der Waals surface area (Å²) in [5, 5.41) is 2.02.